The monoisotopic (exact) mass is 524 g/mol. The van der Waals surface area contributed by atoms with Gasteiger partial charge in [0.05, 0.1) is 6.54 Å². The van der Waals surface area contributed by atoms with Gasteiger partial charge < -0.3 is 20.7 Å². The molecule has 0 saturated carbocycles. The molecule has 1 unspecified atom stereocenters. The number of nitrogens with zero attached hydrogens (tertiary/aromatic N) is 2. The molecule has 0 aromatic heterocycles. The maximum absolute atomic E-state index is 11.1. The van der Waals surface area contributed by atoms with Crippen molar-refractivity contribution in [3.8, 4) is 5.75 Å². The third-order valence-electron chi connectivity index (χ3n) is 3.97. The smallest absolute Gasteiger partial charge is 0.217 e. The van der Waals surface area contributed by atoms with Gasteiger partial charge in [0, 0.05) is 31.0 Å². The molecule has 1 aliphatic rings. The Morgan fingerprint density at radius 2 is 2.32 bits per heavy atom. The van der Waals surface area contributed by atoms with Gasteiger partial charge in [0.15, 0.2) is 5.96 Å². The molecule has 0 bridgehead atoms. The summed E-state index contributed by atoms with van der Waals surface area (Å²) in [7, 11) is 1.77. The van der Waals surface area contributed by atoms with Crippen LogP contribution in [0, 0.1) is 5.92 Å². The Bertz CT molecular complexity index is 586. The molecule has 0 aliphatic carbocycles. The van der Waals surface area contributed by atoms with Crippen LogP contribution in [0.3, 0.4) is 0 Å². The number of amides is 1. The summed E-state index contributed by atoms with van der Waals surface area (Å²) in [6, 6.07) is 7.77. The third-order valence-corrected chi connectivity index (χ3v) is 4.46. The summed E-state index contributed by atoms with van der Waals surface area (Å²) in [5.41, 5.74) is 5.32. The second-order valence-corrected chi connectivity index (χ2v) is 6.82. The van der Waals surface area contributed by atoms with E-state index in [9.17, 15) is 4.79 Å². The number of hydrogen-bond donors (Lipinski definition) is 2. The Hall–Kier alpha value is -1.03. The zero-order valence-electron chi connectivity index (χ0n) is 14.4. The minimum Gasteiger partial charge on any atom is -0.492 e. The van der Waals surface area contributed by atoms with E-state index in [2.05, 4.69) is 31.1 Å². The van der Waals surface area contributed by atoms with E-state index in [4.69, 9.17) is 10.5 Å². The van der Waals surface area contributed by atoms with Gasteiger partial charge in [0.2, 0.25) is 5.91 Å². The van der Waals surface area contributed by atoms with E-state index in [0.29, 0.717) is 25.5 Å². The molecule has 1 atom stereocenters. The molecular formula is C17H26BrIN4O2. The standard InChI is InChI=1S/C17H25BrN4O2.HI/c1-20-17(22-8-3-4-13(12-22)10-16(19)23)21-7-9-24-15-6-2-5-14(18)11-15;/h2,5-6,11,13H,3-4,7-10,12H2,1H3,(H2,19,23)(H,20,21);1H. The lowest BCUT2D eigenvalue weighted by Crippen LogP contribution is -2.48. The molecule has 140 valence electrons. The predicted molar refractivity (Wildman–Crippen MR) is 115 cm³/mol. The first-order valence-electron chi connectivity index (χ1n) is 8.20. The van der Waals surface area contributed by atoms with Crippen molar-refractivity contribution >= 4 is 51.8 Å². The summed E-state index contributed by atoms with van der Waals surface area (Å²) < 4.78 is 6.71. The van der Waals surface area contributed by atoms with Gasteiger partial charge in [0.25, 0.3) is 0 Å². The largest absolute Gasteiger partial charge is 0.492 e. The van der Waals surface area contributed by atoms with E-state index in [0.717, 1.165) is 42.1 Å². The van der Waals surface area contributed by atoms with E-state index >= 15 is 0 Å². The van der Waals surface area contributed by atoms with Gasteiger partial charge in [-0.3, -0.25) is 9.79 Å². The van der Waals surface area contributed by atoms with Crippen molar-refractivity contribution in [2.75, 3.05) is 33.3 Å². The van der Waals surface area contributed by atoms with Gasteiger partial charge in [-0.1, -0.05) is 22.0 Å². The number of rotatable bonds is 6. The number of primary amides is 1. The Morgan fingerprint density at radius 1 is 1.52 bits per heavy atom. The fourth-order valence-electron chi connectivity index (χ4n) is 2.93. The molecule has 25 heavy (non-hydrogen) atoms. The minimum absolute atomic E-state index is 0. The number of piperidine rings is 1. The number of ether oxygens (including phenoxy) is 1. The number of halogens is 2. The van der Waals surface area contributed by atoms with Crippen molar-refractivity contribution in [3.05, 3.63) is 28.7 Å². The summed E-state index contributed by atoms with van der Waals surface area (Å²) in [4.78, 5) is 17.6. The molecule has 1 saturated heterocycles. The Kier molecular flexibility index (Phi) is 10.2. The number of hydrogen-bond acceptors (Lipinski definition) is 3. The molecule has 1 aromatic carbocycles. The average Bonchev–Trinajstić information content (AvgIpc) is 2.54. The molecule has 0 spiro atoms. The number of benzene rings is 1. The second kappa shape index (κ2) is 11.6. The van der Waals surface area contributed by atoms with Crippen molar-refractivity contribution in [1.29, 1.82) is 0 Å². The van der Waals surface area contributed by atoms with Gasteiger partial charge in [-0.25, -0.2) is 0 Å². The van der Waals surface area contributed by atoms with Crippen molar-refractivity contribution in [1.82, 2.24) is 10.2 Å². The highest BCUT2D eigenvalue weighted by molar-refractivity contribution is 14.0. The van der Waals surface area contributed by atoms with Crippen molar-refractivity contribution in [3.63, 3.8) is 0 Å². The maximum Gasteiger partial charge on any atom is 0.217 e. The summed E-state index contributed by atoms with van der Waals surface area (Å²) in [5.74, 6) is 1.77. The maximum atomic E-state index is 11.1. The van der Waals surface area contributed by atoms with Crippen LogP contribution in [0.15, 0.2) is 33.7 Å². The highest BCUT2D eigenvalue weighted by atomic mass is 127. The molecule has 1 fully saturated rings. The number of likely N-dealkylation sites (tertiary alicyclic amines) is 1. The predicted octanol–water partition coefficient (Wildman–Crippen LogP) is 2.61. The summed E-state index contributed by atoms with van der Waals surface area (Å²) in [5, 5.41) is 3.32. The second-order valence-electron chi connectivity index (χ2n) is 5.90. The molecule has 1 amide bonds. The van der Waals surface area contributed by atoms with Gasteiger partial charge >= 0.3 is 0 Å². The SMILES string of the molecule is CN=C(NCCOc1cccc(Br)c1)N1CCCC(CC(N)=O)C1.I. The summed E-state index contributed by atoms with van der Waals surface area (Å²) in [6.07, 6.45) is 2.54. The van der Waals surface area contributed by atoms with Crippen molar-refractivity contribution in [2.45, 2.75) is 19.3 Å². The fraction of sp³-hybridized carbons (Fsp3) is 0.529. The van der Waals surface area contributed by atoms with Crippen LogP contribution in [-0.4, -0.2) is 50.1 Å². The van der Waals surface area contributed by atoms with Crippen molar-refractivity contribution in [2.24, 2.45) is 16.6 Å². The molecule has 3 N–H and O–H groups in total. The minimum atomic E-state index is -0.229. The number of aliphatic imine (C=N–C) groups is 1. The fourth-order valence-corrected chi connectivity index (χ4v) is 3.31. The van der Waals surface area contributed by atoms with Crippen LogP contribution in [0.2, 0.25) is 0 Å². The van der Waals surface area contributed by atoms with E-state index in [-0.39, 0.29) is 29.9 Å². The first-order chi connectivity index (χ1) is 11.6. The van der Waals surface area contributed by atoms with Crippen LogP contribution >= 0.6 is 39.9 Å². The van der Waals surface area contributed by atoms with Crippen LogP contribution in [0.4, 0.5) is 0 Å². The van der Waals surface area contributed by atoms with Gasteiger partial charge in [-0.15, -0.1) is 24.0 Å². The average molecular weight is 525 g/mol. The van der Waals surface area contributed by atoms with Crippen LogP contribution in [0.25, 0.3) is 0 Å². The normalized spacial score (nSPS) is 17.6. The molecule has 1 aromatic rings. The quantitative estimate of drug-likeness (QED) is 0.259. The molecular weight excluding hydrogens is 499 g/mol. The molecule has 2 rings (SSSR count). The Morgan fingerprint density at radius 3 is 3.00 bits per heavy atom. The summed E-state index contributed by atoms with van der Waals surface area (Å²) >= 11 is 3.43. The highest BCUT2D eigenvalue weighted by Gasteiger charge is 2.23. The molecule has 6 nitrogen and oxygen atoms in total. The first-order valence-corrected chi connectivity index (χ1v) is 9.00. The van der Waals surface area contributed by atoms with E-state index in [1.807, 2.05) is 24.3 Å². The van der Waals surface area contributed by atoms with Gasteiger partial charge in [-0.05, 0) is 37.0 Å². The molecule has 1 aliphatic heterocycles. The number of carbonyl (C=O) groups excluding carboxylic acids is 1. The van der Waals surface area contributed by atoms with Gasteiger partial charge in [-0.2, -0.15) is 0 Å². The number of nitrogens with one attached hydrogen (secondary N) is 1. The van der Waals surface area contributed by atoms with E-state index in [1.54, 1.807) is 7.05 Å². The number of guanidine groups is 1. The van der Waals surface area contributed by atoms with Crippen LogP contribution in [0.1, 0.15) is 19.3 Å². The van der Waals surface area contributed by atoms with E-state index < -0.39 is 0 Å². The highest BCUT2D eigenvalue weighted by Crippen LogP contribution is 2.19. The Labute approximate surface area is 174 Å². The Balaban J connectivity index is 0.00000312. The lowest BCUT2D eigenvalue weighted by Gasteiger charge is -2.34. The van der Waals surface area contributed by atoms with Crippen molar-refractivity contribution < 1.29 is 9.53 Å². The molecule has 0 radical (unpaired) electrons. The topological polar surface area (TPSA) is 80.0 Å². The van der Waals surface area contributed by atoms with Crippen LogP contribution < -0.4 is 15.8 Å². The summed E-state index contributed by atoms with van der Waals surface area (Å²) in [6.45, 7) is 2.97. The van der Waals surface area contributed by atoms with Gasteiger partial charge in [0.1, 0.15) is 12.4 Å². The number of nitrogens with two attached hydrogens (primary N) is 1. The molecule has 1 heterocycles. The van der Waals surface area contributed by atoms with Crippen LogP contribution in [-0.2, 0) is 4.79 Å². The van der Waals surface area contributed by atoms with E-state index in [1.165, 1.54) is 0 Å². The van der Waals surface area contributed by atoms with Crippen LogP contribution in [0.5, 0.6) is 5.75 Å². The zero-order valence-corrected chi connectivity index (χ0v) is 18.3. The number of carbonyl (C=O) groups is 1. The zero-order chi connectivity index (χ0) is 17.4. The lowest BCUT2D eigenvalue weighted by atomic mass is 9.95. The molecule has 8 heteroatoms. The first kappa shape index (κ1) is 22.0. The lowest BCUT2D eigenvalue weighted by molar-refractivity contribution is -0.119. The third kappa shape index (κ3) is 7.81.